The first-order valence-corrected chi connectivity index (χ1v) is 6.27. The zero-order valence-electron chi connectivity index (χ0n) is 10.9. The average molecular weight is 282 g/mol. The second kappa shape index (κ2) is 5.20. The molecule has 0 aliphatic rings. The van der Waals surface area contributed by atoms with Crippen LogP contribution in [0.3, 0.4) is 0 Å². The summed E-state index contributed by atoms with van der Waals surface area (Å²) in [6, 6.07) is 11.6. The van der Waals surface area contributed by atoms with Crippen LogP contribution in [-0.2, 0) is 0 Å². The lowest BCUT2D eigenvalue weighted by molar-refractivity contribution is 0.465. The number of rotatable bonds is 2. The van der Waals surface area contributed by atoms with E-state index in [-0.39, 0.29) is 5.75 Å². The van der Waals surface area contributed by atoms with E-state index in [2.05, 4.69) is 4.98 Å². The Labute approximate surface area is 119 Å². The summed E-state index contributed by atoms with van der Waals surface area (Å²) in [7, 11) is 0. The van der Waals surface area contributed by atoms with E-state index in [4.69, 9.17) is 0 Å². The van der Waals surface area contributed by atoms with E-state index < -0.39 is 11.4 Å². The normalized spacial score (nSPS) is 10.5. The first-order valence-electron chi connectivity index (χ1n) is 6.27. The van der Waals surface area contributed by atoms with Crippen LogP contribution in [0, 0.1) is 5.95 Å². The number of halogens is 1. The van der Waals surface area contributed by atoms with Crippen molar-refractivity contribution in [3.63, 3.8) is 0 Å². The Morgan fingerprint density at radius 3 is 2.67 bits per heavy atom. The maximum absolute atomic E-state index is 12.9. The van der Waals surface area contributed by atoms with E-state index in [0.717, 1.165) is 16.8 Å². The van der Waals surface area contributed by atoms with Gasteiger partial charge in [0, 0.05) is 29.7 Å². The van der Waals surface area contributed by atoms with E-state index in [1.807, 2.05) is 24.3 Å². The van der Waals surface area contributed by atoms with Crippen molar-refractivity contribution in [3.05, 3.63) is 77.2 Å². The quantitative estimate of drug-likeness (QED) is 0.735. The number of aromatic hydroxyl groups is 1. The summed E-state index contributed by atoms with van der Waals surface area (Å²) in [5.41, 5.74) is 1.99. The van der Waals surface area contributed by atoms with Crippen molar-refractivity contribution in [1.82, 2.24) is 9.55 Å². The van der Waals surface area contributed by atoms with E-state index in [1.165, 1.54) is 24.5 Å². The van der Waals surface area contributed by atoms with Crippen LogP contribution in [0.4, 0.5) is 4.39 Å². The summed E-state index contributed by atoms with van der Waals surface area (Å²) in [4.78, 5) is 14.8. The molecule has 3 rings (SSSR count). The molecule has 104 valence electrons. The summed E-state index contributed by atoms with van der Waals surface area (Å²) in [6.45, 7) is 0. The zero-order chi connectivity index (χ0) is 14.8. The molecule has 0 atom stereocenters. The van der Waals surface area contributed by atoms with Crippen LogP contribution in [-0.4, -0.2) is 14.7 Å². The minimum atomic E-state index is -0.528. The lowest BCUT2D eigenvalue weighted by Crippen LogP contribution is -2.03. The van der Waals surface area contributed by atoms with Crippen molar-refractivity contribution in [2.24, 2.45) is 0 Å². The third kappa shape index (κ3) is 2.67. The maximum atomic E-state index is 12.9. The number of benzene rings is 1. The fraction of sp³-hybridized carbons (Fsp3) is 0. The van der Waals surface area contributed by atoms with Crippen LogP contribution in [0.1, 0.15) is 0 Å². The van der Waals surface area contributed by atoms with E-state index in [0.29, 0.717) is 0 Å². The van der Waals surface area contributed by atoms with Gasteiger partial charge in [0.15, 0.2) is 5.75 Å². The summed E-state index contributed by atoms with van der Waals surface area (Å²) in [5, 5.41) is 9.49. The van der Waals surface area contributed by atoms with Gasteiger partial charge in [-0.3, -0.25) is 4.79 Å². The maximum Gasteiger partial charge on any atom is 0.223 e. The van der Waals surface area contributed by atoms with Gasteiger partial charge in [-0.2, -0.15) is 4.39 Å². The van der Waals surface area contributed by atoms with Gasteiger partial charge < -0.3 is 9.67 Å². The van der Waals surface area contributed by atoms with Crippen molar-refractivity contribution < 1.29 is 9.50 Å². The molecule has 4 nitrogen and oxygen atoms in total. The molecule has 0 amide bonds. The summed E-state index contributed by atoms with van der Waals surface area (Å²) in [6.07, 6.45) is 4.38. The number of hydrogen-bond acceptors (Lipinski definition) is 3. The lowest BCUT2D eigenvalue weighted by atomic mass is 10.1. The molecular weight excluding hydrogens is 271 g/mol. The number of pyridine rings is 2. The molecule has 5 heteroatoms. The highest BCUT2D eigenvalue weighted by Crippen LogP contribution is 2.21. The molecule has 0 unspecified atom stereocenters. The molecule has 0 radical (unpaired) electrons. The average Bonchev–Trinajstić information content (AvgIpc) is 2.51. The third-order valence-corrected chi connectivity index (χ3v) is 3.11. The molecule has 1 N–H and O–H groups in total. The standard InChI is InChI=1S/C16H11FN2O2/c17-16-5-4-12(9-18-16)11-2-1-3-13(8-11)19-7-6-14(20)15(21)10-19/h1-10,21H. The van der Waals surface area contributed by atoms with Crippen LogP contribution in [0.15, 0.2) is 65.8 Å². The van der Waals surface area contributed by atoms with Gasteiger partial charge in [0.2, 0.25) is 11.4 Å². The predicted octanol–water partition coefficient (Wildman–Crippen LogP) is 2.74. The topological polar surface area (TPSA) is 55.1 Å². The molecule has 0 fully saturated rings. The van der Waals surface area contributed by atoms with Crippen LogP contribution in [0.25, 0.3) is 16.8 Å². The smallest absolute Gasteiger partial charge is 0.223 e. The van der Waals surface area contributed by atoms with Gasteiger partial charge >= 0.3 is 0 Å². The van der Waals surface area contributed by atoms with Gasteiger partial charge in [-0.1, -0.05) is 12.1 Å². The Morgan fingerprint density at radius 2 is 1.95 bits per heavy atom. The molecule has 0 saturated heterocycles. The van der Waals surface area contributed by atoms with Crippen LogP contribution in [0.2, 0.25) is 0 Å². The number of nitrogens with zero attached hydrogens (tertiary/aromatic N) is 2. The first-order chi connectivity index (χ1) is 10.1. The predicted molar refractivity (Wildman–Crippen MR) is 76.9 cm³/mol. The van der Waals surface area contributed by atoms with E-state index in [1.54, 1.807) is 16.8 Å². The second-order valence-corrected chi connectivity index (χ2v) is 4.52. The number of hydrogen-bond donors (Lipinski definition) is 1. The van der Waals surface area contributed by atoms with Crippen LogP contribution >= 0.6 is 0 Å². The van der Waals surface area contributed by atoms with Gasteiger partial charge in [-0.05, 0) is 29.8 Å². The van der Waals surface area contributed by atoms with Crippen LogP contribution in [0.5, 0.6) is 5.75 Å². The highest BCUT2D eigenvalue weighted by Gasteiger charge is 2.03. The summed E-state index contributed by atoms with van der Waals surface area (Å²) < 4.78 is 14.5. The van der Waals surface area contributed by atoms with Gasteiger partial charge in [0.25, 0.3) is 0 Å². The molecule has 0 bridgehead atoms. The van der Waals surface area contributed by atoms with Crippen molar-refractivity contribution in [1.29, 1.82) is 0 Å². The Morgan fingerprint density at radius 1 is 1.10 bits per heavy atom. The Kier molecular flexibility index (Phi) is 3.23. The molecule has 2 heterocycles. The molecule has 0 aliphatic carbocycles. The van der Waals surface area contributed by atoms with Gasteiger partial charge in [0.05, 0.1) is 6.20 Å². The largest absolute Gasteiger partial charge is 0.503 e. The van der Waals surface area contributed by atoms with Crippen molar-refractivity contribution in [2.45, 2.75) is 0 Å². The Balaban J connectivity index is 2.05. The van der Waals surface area contributed by atoms with Crippen molar-refractivity contribution in [2.75, 3.05) is 0 Å². The Hall–Kier alpha value is -2.95. The minimum absolute atomic E-state index is 0.314. The fourth-order valence-electron chi connectivity index (χ4n) is 2.03. The monoisotopic (exact) mass is 282 g/mol. The van der Waals surface area contributed by atoms with Crippen molar-refractivity contribution in [3.8, 4) is 22.6 Å². The second-order valence-electron chi connectivity index (χ2n) is 4.52. The van der Waals surface area contributed by atoms with Gasteiger partial charge in [-0.15, -0.1) is 0 Å². The summed E-state index contributed by atoms with van der Waals surface area (Å²) in [5.74, 6) is -0.841. The van der Waals surface area contributed by atoms with Crippen LogP contribution < -0.4 is 5.43 Å². The third-order valence-electron chi connectivity index (χ3n) is 3.11. The zero-order valence-corrected chi connectivity index (χ0v) is 10.9. The summed E-state index contributed by atoms with van der Waals surface area (Å²) >= 11 is 0. The first kappa shape index (κ1) is 13.1. The van der Waals surface area contributed by atoms with Crippen molar-refractivity contribution >= 4 is 0 Å². The SMILES string of the molecule is O=c1ccn(-c2cccc(-c3ccc(F)nc3)c2)cc1O. The molecule has 21 heavy (non-hydrogen) atoms. The molecule has 3 aromatic rings. The highest BCUT2D eigenvalue weighted by molar-refractivity contribution is 5.65. The minimum Gasteiger partial charge on any atom is -0.503 e. The lowest BCUT2D eigenvalue weighted by Gasteiger charge is -2.09. The molecule has 2 aromatic heterocycles. The molecule has 0 saturated carbocycles. The molecule has 0 aliphatic heterocycles. The van der Waals surface area contributed by atoms with E-state index >= 15 is 0 Å². The molecule has 1 aromatic carbocycles. The fourth-order valence-corrected chi connectivity index (χ4v) is 2.03. The highest BCUT2D eigenvalue weighted by atomic mass is 19.1. The molecule has 0 spiro atoms. The Bertz CT molecular complexity index is 841. The number of aromatic nitrogens is 2. The van der Waals surface area contributed by atoms with Gasteiger partial charge in [0.1, 0.15) is 0 Å². The van der Waals surface area contributed by atoms with E-state index in [9.17, 15) is 14.3 Å². The molecular formula is C16H11FN2O2. The van der Waals surface area contributed by atoms with Gasteiger partial charge in [-0.25, -0.2) is 4.98 Å².